The van der Waals surface area contributed by atoms with Crippen LogP contribution in [0.2, 0.25) is 5.02 Å². The molecule has 1 aliphatic heterocycles. The molecule has 0 bridgehead atoms. The lowest BCUT2D eigenvalue weighted by atomic mass is 10.2. The Balaban J connectivity index is 0.00000320. The van der Waals surface area contributed by atoms with Crippen LogP contribution < -0.4 is 20.9 Å². The molecule has 1 unspecified atom stereocenters. The molecule has 162 valence electrons. The van der Waals surface area contributed by atoms with Crippen LogP contribution in [0.25, 0.3) is 0 Å². The predicted octanol–water partition coefficient (Wildman–Crippen LogP) is 2.67. The molecule has 1 atom stereocenters. The Morgan fingerprint density at radius 3 is 2.70 bits per heavy atom. The molecular formula is C20H25ClFIN6O. The van der Waals surface area contributed by atoms with Crippen molar-refractivity contribution in [3.63, 3.8) is 0 Å². The molecule has 7 nitrogen and oxygen atoms in total. The van der Waals surface area contributed by atoms with Crippen LogP contribution in [0.4, 0.5) is 10.2 Å². The van der Waals surface area contributed by atoms with Crippen molar-refractivity contribution in [1.29, 1.82) is 0 Å². The van der Waals surface area contributed by atoms with Crippen LogP contribution in [0.3, 0.4) is 0 Å². The second kappa shape index (κ2) is 11.9. The quantitative estimate of drug-likeness (QED) is 0.225. The van der Waals surface area contributed by atoms with Crippen LogP contribution >= 0.6 is 35.6 Å². The van der Waals surface area contributed by atoms with E-state index < -0.39 is 0 Å². The van der Waals surface area contributed by atoms with E-state index in [4.69, 9.17) is 11.6 Å². The Morgan fingerprint density at radius 1 is 1.27 bits per heavy atom. The van der Waals surface area contributed by atoms with Crippen LogP contribution in [0.5, 0.6) is 0 Å². The number of amides is 1. The summed E-state index contributed by atoms with van der Waals surface area (Å²) >= 11 is 5.83. The Bertz CT molecular complexity index is 867. The second-order valence-corrected chi connectivity index (χ2v) is 7.08. The Hall–Kier alpha value is -2.14. The van der Waals surface area contributed by atoms with Crippen molar-refractivity contribution in [1.82, 2.24) is 20.9 Å². The van der Waals surface area contributed by atoms with Crippen LogP contribution in [0.1, 0.15) is 16.8 Å². The van der Waals surface area contributed by atoms with E-state index >= 15 is 0 Å². The van der Waals surface area contributed by atoms with Gasteiger partial charge < -0.3 is 20.9 Å². The molecule has 1 aromatic heterocycles. The van der Waals surface area contributed by atoms with Gasteiger partial charge in [0.1, 0.15) is 0 Å². The number of halogens is 3. The first-order chi connectivity index (χ1) is 14.1. The molecule has 3 rings (SSSR count). The maximum atomic E-state index is 13.9. The van der Waals surface area contributed by atoms with Crippen LogP contribution in [-0.2, 0) is 0 Å². The minimum Gasteiger partial charge on any atom is -0.355 e. The summed E-state index contributed by atoms with van der Waals surface area (Å²) in [6, 6.07) is 9.87. The second-order valence-electron chi connectivity index (χ2n) is 6.65. The van der Waals surface area contributed by atoms with Crippen molar-refractivity contribution in [2.24, 2.45) is 4.99 Å². The van der Waals surface area contributed by atoms with Crippen molar-refractivity contribution in [2.45, 2.75) is 12.5 Å². The fourth-order valence-electron chi connectivity index (χ4n) is 3.13. The van der Waals surface area contributed by atoms with Crippen molar-refractivity contribution in [3.8, 4) is 0 Å². The monoisotopic (exact) mass is 546 g/mol. The normalized spacial score (nSPS) is 16.0. The summed E-state index contributed by atoms with van der Waals surface area (Å²) in [7, 11) is 1.69. The third-order valence-electron chi connectivity index (χ3n) is 4.60. The molecule has 10 heteroatoms. The van der Waals surface area contributed by atoms with E-state index in [-0.39, 0.29) is 41.7 Å². The van der Waals surface area contributed by atoms with E-state index in [9.17, 15) is 9.18 Å². The van der Waals surface area contributed by atoms with Gasteiger partial charge in [-0.05, 0) is 42.8 Å². The number of guanidine groups is 1. The summed E-state index contributed by atoms with van der Waals surface area (Å²) in [5.74, 6) is 0.547. The highest BCUT2D eigenvalue weighted by atomic mass is 127. The van der Waals surface area contributed by atoms with Gasteiger partial charge in [-0.1, -0.05) is 11.6 Å². The summed E-state index contributed by atoms with van der Waals surface area (Å²) < 4.78 is 13.9. The number of hydrogen-bond donors (Lipinski definition) is 3. The first-order valence-electron chi connectivity index (χ1n) is 9.43. The van der Waals surface area contributed by atoms with Gasteiger partial charge in [-0.3, -0.25) is 9.79 Å². The van der Waals surface area contributed by atoms with E-state index in [1.807, 2.05) is 4.90 Å². The summed E-state index contributed by atoms with van der Waals surface area (Å²) in [5, 5.41) is 9.94. The maximum Gasteiger partial charge on any atom is 0.251 e. The summed E-state index contributed by atoms with van der Waals surface area (Å²) in [4.78, 5) is 22.3. The van der Waals surface area contributed by atoms with E-state index in [0.717, 1.165) is 13.0 Å². The minimum absolute atomic E-state index is 0. The van der Waals surface area contributed by atoms with Gasteiger partial charge in [-0.2, -0.15) is 0 Å². The lowest BCUT2D eigenvalue weighted by molar-refractivity contribution is 0.0954. The van der Waals surface area contributed by atoms with Gasteiger partial charge in [0.15, 0.2) is 17.6 Å². The highest BCUT2D eigenvalue weighted by Gasteiger charge is 2.25. The standard InChI is InChI=1S/C20H24ClFN6O.HI/c1-23-20(26-11-10-25-19(29)14-4-6-15(21)7-5-14)27-16-8-12-28(13-16)18-17(22)3-2-9-24-18;/h2-7,9,16H,8,10-13H2,1H3,(H,25,29)(H2,23,26,27);1H. The molecule has 3 N–H and O–H groups in total. The van der Waals surface area contributed by atoms with Crippen molar-refractivity contribution in [3.05, 3.63) is 59.0 Å². The molecule has 1 fully saturated rings. The predicted molar refractivity (Wildman–Crippen MR) is 129 cm³/mol. The molecular weight excluding hydrogens is 522 g/mol. The molecule has 2 aromatic rings. The molecule has 0 saturated carbocycles. The van der Waals surface area contributed by atoms with Gasteiger partial charge in [-0.25, -0.2) is 9.37 Å². The molecule has 2 heterocycles. The largest absolute Gasteiger partial charge is 0.355 e. The van der Waals surface area contributed by atoms with Crippen LogP contribution in [0, 0.1) is 5.82 Å². The zero-order chi connectivity index (χ0) is 20.6. The van der Waals surface area contributed by atoms with Crippen molar-refractivity contribution in [2.75, 3.05) is 38.1 Å². The molecule has 30 heavy (non-hydrogen) atoms. The van der Waals surface area contributed by atoms with Gasteiger partial charge in [0, 0.05) is 56.1 Å². The first-order valence-corrected chi connectivity index (χ1v) is 9.81. The SMILES string of the molecule is CN=C(NCCNC(=O)c1ccc(Cl)cc1)NC1CCN(c2ncccc2F)C1.I. The number of aromatic nitrogens is 1. The third kappa shape index (κ3) is 6.69. The average molecular weight is 547 g/mol. The summed E-state index contributed by atoms with van der Waals surface area (Å²) in [6.45, 7) is 2.32. The number of benzene rings is 1. The van der Waals surface area contributed by atoms with E-state index in [0.29, 0.717) is 42.0 Å². The number of hydrogen-bond acceptors (Lipinski definition) is 4. The highest BCUT2D eigenvalue weighted by molar-refractivity contribution is 14.0. The van der Waals surface area contributed by atoms with Gasteiger partial charge in [-0.15, -0.1) is 24.0 Å². The average Bonchev–Trinajstić information content (AvgIpc) is 3.19. The Kier molecular flexibility index (Phi) is 9.57. The number of anilines is 1. The zero-order valence-corrected chi connectivity index (χ0v) is 19.7. The lowest BCUT2D eigenvalue weighted by Crippen LogP contribution is -2.46. The summed E-state index contributed by atoms with van der Waals surface area (Å²) in [6.07, 6.45) is 2.45. The fourth-order valence-corrected chi connectivity index (χ4v) is 3.25. The topological polar surface area (TPSA) is 81.6 Å². The molecule has 1 saturated heterocycles. The lowest BCUT2D eigenvalue weighted by Gasteiger charge is -2.20. The van der Waals surface area contributed by atoms with E-state index in [2.05, 4.69) is 25.9 Å². The number of carbonyl (C=O) groups excluding carboxylic acids is 1. The number of nitrogens with one attached hydrogen (secondary N) is 3. The molecule has 0 radical (unpaired) electrons. The maximum absolute atomic E-state index is 13.9. The smallest absolute Gasteiger partial charge is 0.251 e. The van der Waals surface area contributed by atoms with Gasteiger partial charge in [0.2, 0.25) is 0 Å². The number of pyridine rings is 1. The Labute approximate surface area is 197 Å². The number of carbonyl (C=O) groups is 1. The Morgan fingerprint density at radius 2 is 2.00 bits per heavy atom. The van der Waals surface area contributed by atoms with Crippen LogP contribution in [0.15, 0.2) is 47.6 Å². The number of aliphatic imine (C=N–C) groups is 1. The van der Waals surface area contributed by atoms with E-state index in [1.165, 1.54) is 6.07 Å². The van der Waals surface area contributed by atoms with Gasteiger partial charge in [0.05, 0.1) is 0 Å². The fraction of sp³-hybridized carbons (Fsp3) is 0.350. The highest BCUT2D eigenvalue weighted by Crippen LogP contribution is 2.20. The number of nitrogens with zero attached hydrogens (tertiary/aromatic N) is 3. The first kappa shape index (κ1) is 24.1. The summed E-state index contributed by atoms with van der Waals surface area (Å²) in [5.41, 5.74) is 0.560. The van der Waals surface area contributed by atoms with Crippen LogP contribution in [-0.4, -0.2) is 56.1 Å². The van der Waals surface area contributed by atoms with Gasteiger partial charge >= 0.3 is 0 Å². The molecule has 0 aliphatic carbocycles. The van der Waals surface area contributed by atoms with E-state index in [1.54, 1.807) is 43.6 Å². The molecule has 1 aliphatic rings. The third-order valence-corrected chi connectivity index (χ3v) is 4.85. The van der Waals surface area contributed by atoms with Gasteiger partial charge in [0.25, 0.3) is 5.91 Å². The molecule has 1 amide bonds. The zero-order valence-electron chi connectivity index (χ0n) is 16.6. The van der Waals surface area contributed by atoms with Crippen molar-refractivity contribution >= 4 is 53.3 Å². The molecule has 1 aromatic carbocycles. The number of rotatable bonds is 6. The van der Waals surface area contributed by atoms with Crippen molar-refractivity contribution < 1.29 is 9.18 Å². The minimum atomic E-state index is -0.313. The molecule has 0 spiro atoms.